The number of carbonyl (C=O) groups excluding carboxylic acids is 1. The van der Waals surface area contributed by atoms with E-state index in [9.17, 15) is 9.59 Å². The molecule has 0 spiro atoms. The van der Waals surface area contributed by atoms with Crippen LogP contribution in [0.4, 0.5) is 5.69 Å². The largest absolute Gasteiger partial charge is 0.324 e. The third-order valence-electron chi connectivity index (χ3n) is 4.43. The summed E-state index contributed by atoms with van der Waals surface area (Å²) in [6, 6.07) is 5.59. The number of carbonyl (C=O) groups is 1. The highest BCUT2D eigenvalue weighted by atomic mass is 32.1. The average molecular weight is 400 g/mol. The Bertz CT molecular complexity index is 1060. The highest BCUT2D eigenvalue weighted by Gasteiger charge is 2.13. The molecule has 0 aliphatic carbocycles. The van der Waals surface area contributed by atoms with E-state index >= 15 is 0 Å². The van der Waals surface area contributed by atoms with Crippen molar-refractivity contribution in [2.24, 2.45) is 0 Å². The van der Waals surface area contributed by atoms with Gasteiger partial charge in [-0.05, 0) is 45.4 Å². The van der Waals surface area contributed by atoms with Gasteiger partial charge in [0.1, 0.15) is 5.01 Å². The van der Waals surface area contributed by atoms with Crippen LogP contribution in [-0.2, 0) is 17.8 Å². The fraction of sp³-hybridized carbons (Fsp3) is 0.400. The number of hydrogen-bond acceptors (Lipinski definition) is 6. The van der Waals surface area contributed by atoms with E-state index in [1.54, 1.807) is 0 Å². The molecule has 0 saturated heterocycles. The summed E-state index contributed by atoms with van der Waals surface area (Å²) in [6.45, 7) is 8.63. The molecule has 0 aliphatic rings. The van der Waals surface area contributed by atoms with Crippen LogP contribution in [0.5, 0.6) is 0 Å². The standard InChI is InChI=1S/C20H25N5O2S/c1-6-17-23-25-18(27)9-15(21-20(25)28-17)10-24(5)11-16(26)22-19-13(3)7-12(2)8-14(19)4/h7-9H,6,10-11H2,1-5H3,(H,22,26). The maximum Gasteiger partial charge on any atom is 0.275 e. The highest BCUT2D eigenvalue weighted by Crippen LogP contribution is 2.21. The van der Waals surface area contributed by atoms with Crippen molar-refractivity contribution < 1.29 is 4.79 Å². The molecule has 1 amide bonds. The first-order chi connectivity index (χ1) is 13.3. The van der Waals surface area contributed by atoms with Crippen molar-refractivity contribution in [3.63, 3.8) is 0 Å². The van der Waals surface area contributed by atoms with Crippen molar-refractivity contribution in [1.29, 1.82) is 0 Å². The molecule has 0 radical (unpaired) electrons. The third-order valence-corrected chi connectivity index (χ3v) is 5.48. The lowest BCUT2D eigenvalue weighted by atomic mass is 10.1. The zero-order valence-corrected chi connectivity index (χ0v) is 17.7. The van der Waals surface area contributed by atoms with Crippen molar-refractivity contribution in [2.75, 3.05) is 18.9 Å². The minimum atomic E-state index is -0.195. The van der Waals surface area contributed by atoms with E-state index in [2.05, 4.69) is 27.5 Å². The van der Waals surface area contributed by atoms with Gasteiger partial charge in [-0.2, -0.15) is 9.61 Å². The lowest BCUT2D eigenvalue weighted by Crippen LogP contribution is -2.31. The molecule has 0 bridgehead atoms. The number of aromatic nitrogens is 3. The Morgan fingerprint density at radius 2 is 1.89 bits per heavy atom. The Hall–Kier alpha value is -2.58. The monoisotopic (exact) mass is 399 g/mol. The van der Waals surface area contributed by atoms with Crippen LogP contribution in [0.25, 0.3) is 4.96 Å². The van der Waals surface area contributed by atoms with Gasteiger partial charge in [-0.1, -0.05) is 36.0 Å². The van der Waals surface area contributed by atoms with E-state index in [4.69, 9.17) is 0 Å². The van der Waals surface area contributed by atoms with Crippen LogP contribution in [-0.4, -0.2) is 39.0 Å². The summed E-state index contributed by atoms with van der Waals surface area (Å²) in [5, 5.41) is 8.12. The van der Waals surface area contributed by atoms with Crippen LogP contribution in [0, 0.1) is 20.8 Å². The Morgan fingerprint density at radius 1 is 1.21 bits per heavy atom. The molecule has 2 aromatic heterocycles. The molecule has 0 aliphatic heterocycles. The Labute approximate surface area is 168 Å². The molecule has 3 aromatic rings. The second kappa shape index (κ2) is 8.20. The minimum Gasteiger partial charge on any atom is -0.324 e. The lowest BCUT2D eigenvalue weighted by molar-refractivity contribution is -0.117. The van der Waals surface area contributed by atoms with Crippen molar-refractivity contribution in [1.82, 2.24) is 19.5 Å². The smallest absolute Gasteiger partial charge is 0.275 e. The molecule has 0 atom stereocenters. The summed E-state index contributed by atoms with van der Waals surface area (Å²) in [5.41, 5.74) is 4.57. The van der Waals surface area contributed by atoms with Crippen molar-refractivity contribution >= 4 is 27.9 Å². The van der Waals surface area contributed by atoms with Gasteiger partial charge in [0.05, 0.1) is 12.2 Å². The summed E-state index contributed by atoms with van der Waals surface area (Å²) in [6.07, 6.45) is 0.765. The van der Waals surface area contributed by atoms with Crippen LogP contribution in [0.15, 0.2) is 23.0 Å². The number of amides is 1. The van der Waals surface area contributed by atoms with Crippen LogP contribution < -0.4 is 10.9 Å². The number of benzene rings is 1. The van der Waals surface area contributed by atoms with Gasteiger partial charge in [0.15, 0.2) is 0 Å². The van der Waals surface area contributed by atoms with E-state index < -0.39 is 0 Å². The highest BCUT2D eigenvalue weighted by molar-refractivity contribution is 7.16. The molecular formula is C20H25N5O2S. The second-order valence-corrected chi connectivity index (χ2v) is 8.16. The molecule has 2 heterocycles. The van der Waals surface area contributed by atoms with Crippen LogP contribution in [0.2, 0.25) is 0 Å². The Morgan fingerprint density at radius 3 is 2.54 bits per heavy atom. The van der Waals surface area contributed by atoms with E-state index in [1.165, 1.54) is 27.5 Å². The number of rotatable bonds is 6. The van der Waals surface area contributed by atoms with Crippen molar-refractivity contribution in [3.05, 3.63) is 55.9 Å². The number of likely N-dealkylation sites (N-methyl/N-ethyl adjacent to an activating group) is 1. The molecule has 28 heavy (non-hydrogen) atoms. The minimum absolute atomic E-state index is 0.0959. The predicted molar refractivity (Wildman–Crippen MR) is 112 cm³/mol. The molecule has 0 unspecified atom stereocenters. The molecular weight excluding hydrogens is 374 g/mol. The fourth-order valence-electron chi connectivity index (χ4n) is 3.25. The van der Waals surface area contributed by atoms with Gasteiger partial charge in [-0.15, -0.1) is 0 Å². The third kappa shape index (κ3) is 4.45. The van der Waals surface area contributed by atoms with Gasteiger partial charge in [0, 0.05) is 18.3 Å². The summed E-state index contributed by atoms with van der Waals surface area (Å²) in [5.74, 6) is -0.0959. The molecule has 1 N–H and O–H groups in total. The lowest BCUT2D eigenvalue weighted by Gasteiger charge is -2.17. The maximum absolute atomic E-state index is 12.5. The summed E-state index contributed by atoms with van der Waals surface area (Å²) >= 11 is 1.42. The molecule has 8 heteroatoms. The second-order valence-electron chi connectivity index (χ2n) is 7.12. The molecule has 1 aromatic carbocycles. The number of fused-ring (bicyclic) bond motifs is 1. The molecule has 148 valence electrons. The van der Waals surface area contributed by atoms with Gasteiger partial charge < -0.3 is 5.32 Å². The number of aryl methyl sites for hydroxylation is 4. The first kappa shape index (κ1) is 20.2. The SMILES string of the molecule is CCc1nn2c(=O)cc(CN(C)CC(=O)Nc3c(C)cc(C)cc3C)nc2s1. The first-order valence-corrected chi connectivity index (χ1v) is 10.0. The van der Waals surface area contributed by atoms with Gasteiger partial charge in [-0.3, -0.25) is 14.5 Å². The van der Waals surface area contributed by atoms with Gasteiger partial charge in [0.2, 0.25) is 10.9 Å². The van der Waals surface area contributed by atoms with Crippen molar-refractivity contribution in [2.45, 2.75) is 40.7 Å². The molecule has 7 nitrogen and oxygen atoms in total. The molecule has 0 saturated carbocycles. The van der Waals surface area contributed by atoms with E-state index in [0.29, 0.717) is 17.2 Å². The van der Waals surface area contributed by atoms with E-state index in [1.807, 2.05) is 39.6 Å². The van der Waals surface area contributed by atoms with E-state index in [-0.39, 0.29) is 18.0 Å². The molecule has 3 rings (SSSR count). The average Bonchev–Trinajstić information content (AvgIpc) is 3.01. The van der Waals surface area contributed by atoms with Crippen LogP contribution in [0.3, 0.4) is 0 Å². The number of hydrogen-bond donors (Lipinski definition) is 1. The number of nitrogens with zero attached hydrogens (tertiary/aromatic N) is 4. The summed E-state index contributed by atoms with van der Waals surface area (Å²) in [4.78, 5) is 31.7. The number of anilines is 1. The van der Waals surface area contributed by atoms with Gasteiger partial charge in [0.25, 0.3) is 5.56 Å². The first-order valence-electron chi connectivity index (χ1n) is 9.21. The number of nitrogens with one attached hydrogen (secondary N) is 1. The summed E-state index contributed by atoms with van der Waals surface area (Å²) < 4.78 is 1.34. The fourth-order valence-corrected chi connectivity index (χ4v) is 4.11. The van der Waals surface area contributed by atoms with E-state index in [0.717, 1.165) is 28.2 Å². The normalized spacial score (nSPS) is 11.4. The zero-order valence-electron chi connectivity index (χ0n) is 16.9. The molecule has 0 fully saturated rings. The van der Waals surface area contributed by atoms with Crippen LogP contribution in [0.1, 0.15) is 34.3 Å². The maximum atomic E-state index is 12.5. The van der Waals surface area contributed by atoms with Crippen LogP contribution >= 0.6 is 11.3 Å². The van der Waals surface area contributed by atoms with Gasteiger partial charge >= 0.3 is 0 Å². The van der Waals surface area contributed by atoms with Crippen molar-refractivity contribution in [3.8, 4) is 0 Å². The topological polar surface area (TPSA) is 79.6 Å². The predicted octanol–water partition coefficient (Wildman–Crippen LogP) is 2.71. The summed E-state index contributed by atoms with van der Waals surface area (Å²) in [7, 11) is 1.84. The zero-order chi connectivity index (χ0) is 20.4. The van der Waals surface area contributed by atoms with Gasteiger partial charge in [-0.25, -0.2) is 4.98 Å². The Kier molecular flexibility index (Phi) is 5.90. The quantitative estimate of drug-likeness (QED) is 0.689. The Balaban J connectivity index is 1.68.